The lowest BCUT2D eigenvalue weighted by Crippen LogP contribution is -2.22. The number of anilines is 1. The van der Waals surface area contributed by atoms with Crippen LogP contribution in [0.2, 0.25) is 0 Å². The van der Waals surface area contributed by atoms with Gasteiger partial charge in [-0.1, -0.05) is 18.2 Å². The van der Waals surface area contributed by atoms with Gasteiger partial charge in [-0.15, -0.1) is 0 Å². The van der Waals surface area contributed by atoms with E-state index in [0.717, 1.165) is 27.7 Å². The molecule has 0 saturated carbocycles. The molecule has 5 rings (SSSR count). The maximum absolute atomic E-state index is 13.0. The van der Waals surface area contributed by atoms with Crippen LogP contribution in [0.4, 0.5) is 5.69 Å². The number of benzene rings is 2. The number of hydrogen-bond acceptors (Lipinski definition) is 6. The zero-order valence-electron chi connectivity index (χ0n) is 22.9. The Morgan fingerprint density at radius 2 is 1.85 bits per heavy atom. The van der Waals surface area contributed by atoms with E-state index in [2.05, 4.69) is 41.2 Å². The molecular formula is C31H31N5O3S. The fraction of sp³-hybridized carbons (Fsp3) is 0.226. The fourth-order valence-corrected chi connectivity index (χ4v) is 5.31. The van der Waals surface area contributed by atoms with E-state index < -0.39 is 10.8 Å². The summed E-state index contributed by atoms with van der Waals surface area (Å²) in [6, 6.07) is 18.6. The van der Waals surface area contributed by atoms with E-state index in [1.807, 2.05) is 72.4 Å². The number of nitrogens with zero attached hydrogens (tertiary/aromatic N) is 4. The molecule has 5 aromatic rings. The van der Waals surface area contributed by atoms with Crippen molar-refractivity contribution < 1.29 is 13.7 Å². The summed E-state index contributed by atoms with van der Waals surface area (Å²) >= 11 is 0. The predicted molar refractivity (Wildman–Crippen MR) is 157 cm³/mol. The van der Waals surface area contributed by atoms with Crippen LogP contribution in [-0.4, -0.2) is 29.9 Å². The van der Waals surface area contributed by atoms with Gasteiger partial charge in [-0.2, -0.15) is 5.10 Å². The van der Waals surface area contributed by atoms with Crippen LogP contribution >= 0.6 is 0 Å². The first-order chi connectivity index (χ1) is 19.2. The van der Waals surface area contributed by atoms with Crippen molar-refractivity contribution in [1.29, 1.82) is 0 Å². The van der Waals surface area contributed by atoms with Gasteiger partial charge in [0.15, 0.2) is 0 Å². The fourth-order valence-electron chi connectivity index (χ4n) is 4.23. The topological polar surface area (TPSA) is 99.0 Å². The molecule has 204 valence electrons. The second-order valence-electron chi connectivity index (χ2n) is 10.6. The number of fused-ring (bicyclic) bond motifs is 1. The van der Waals surface area contributed by atoms with Crippen molar-refractivity contribution in [3.8, 4) is 11.5 Å². The van der Waals surface area contributed by atoms with E-state index in [-0.39, 0.29) is 17.9 Å². The molecule has 0 aliphatic carbocycles. The molecular weight excluding hydrogens is 522 g/mol. The van der Waals surface area contributed by atoms with Crippen molar-refractivity contribution in [1.82, 2.24) is 19.7 Å². The number of aryl methyl sites for hydroxylation is 1. The first kappa shape index (κ1) is 27.2. The van der Waals surface area contributed by atoms with Crippen LogP contribution < -0.4 is 10.1 Å². The Bertz CT molecular complexity index is 1690. The highest BCUT2D eigenvalue weighted by molar-refractivity contribution is 7.84. The lowest BCUT2D eigenvalue weighted by Gasteiger charge is -2.18. The third-order valence-corrected chi connectivity index (χ3v) is 7.66. The summed E-state index contributed by atoms with van der Waals surface area (Å²) in [5.41, 5.74) is 3.79. The average Bonchev–Trinajstić information content (AvgIpc) is 3.40. The standard InChI is InChI=1S/C31H31N5O3S/c1-21-15-22(16-30(37)35-24-18-34-36(19-24)31(2,3)4)8-11-28(21)39-29-12-14-33-27-10-9-25(17-26(27)29)40(38)20-23-7-5-6-13-32-23/h5-15,17-19H,16,20H2,1-4H3,(H,35,37). The highest BCUT2D eigenvalue weighted by atomic mass is 32.2. The zero-order valence-corrected chi connectivity index (χ0v) is 23.7. The predicted octanol–water partition coefficient (Wildman–Crippen LogP) is 6.17. The molecule has 1 atom stereocenters. The molecule has 0 aliphatic rings. The minimum atomic E-state index is -1.27. The normalized spacial score (nSPS) is 12.3. The number of hydrogen-bond donors (Lipinski definition) is 1. The van der Waals surface area contributed by atoms with Crippen LogP contribution in [0.3, 0.4) is 0 Å². The van der Waals surface area contributed by atoms with Crippen molar-refractivity contribution in [2.45, 2.75) is 50.3 Å². The van der Waals surface area contributed by atoms with Crippen molar-refractivity contribution in [2.24, 2.45) is 0 Å². The summed E-state index contributed by atoms with van der Waals surface area (Å²) in [6.07, 6.45) is 7.11. The van der Waals surface area contributed by atoms with Gasteiger partial charge in [0.25, 0.3) is 0 Å². The molecule has 0 bridgehead atoms. The molecule has 0 aliphatic heterocycles. The first-order valence-corrected chi connectivity index (χ1v) is 14.3. The van der Waals surface area contributed by atoms with Gasteiger partial charge < -0.3 is 10.1 Å². The van der Waals surface area contributed by atoms with E-state index in [1.54, 1.807) is 24.7 Å². The van der Waals surface area contributed by atoms with Crippen LogP contribution in [0, 0.1) is 6.92 Å². The first-order valence-electron chi connectivity index (χ1n) is 13.0. The van der Waals surface area contributed by atoms with Gasteiger partial charge in [0.1, 0.15) is 11.5 Å². The average molecular weight is 554 g/mol. The number of pyridine rings is 2. The summed E-state index contributed by atoms with van der Waals surface area (Å²) in [4.78, 5) is 22.1. The van der Waals surface area contributed by atoms with Gasteiger partial charge in [-0.3, -0.25) is 23.7 Å². The quantitative estimate of drug-likeness (QED) is 0.247. The van der Waals surface area contributed by atoms with Gasteiger partial charge in [0.05, 0.1) is 51.6 Å². The van der Waals surface area contributed by atoms with Crippen LogP contribution in [0.15, 0.2) is 90.3 Å². The molecule has 1 unspecified atom stereocenters. The summed E-state index contributed by atoms with van der Waals surface area (Å²) in [5, 5.41) is 8.02. The number of ether oxygens (including phenoxy) is 1. The van der Waals surface area contributed by atoms with Crippen LogP contribution in [0.5, 0.6) is 11.5 Å². The number of carbonyl (C=O) groups is 1. The Kier molecular flexibility index (Phi) is 7.75. The molecule has 9 heteroatoms. The van der Waals surface area contributed by atoms with Crippen LogP contribution in [-0.2, 0) is 33.3 Å². The SMILES string of the molecule is Cc1cc(CC(=O)Nc2cnn(C(C)(C)C)c2)ccc1Oc1ccnc2ccc(S(=O)Cc3ccccn3)cc12. The molecule has 0 spiro atoms. The van der Waals surface area contributed by atoms with Gasteiger partial charge in [0.2, 0.25) is 5.91 Å². The lowest BCUT2D eigenvalue weighted by molar-refractivity contribution is -0.115. The maximum atomic E-state index is 13.0. The van der Waals surface area contributed by atoms with Gasteiger partial charge in [-0.25, -0.2) is 0 Å². The molecule has 3 aromatic heterocycles. The maximum Gasteiger partial charge on any atom is 0.228 e. The van der Waals surface area contributed by atoms with Gasteiger partial charge >= 0.3 is 0 Å². The van der Waals surface area contributed by atoms with Crippen molar-refractivity contribution in [2.75, 3.05) is 5.32 Å². The van der Waals surface area contributed by atoms with Crippen molar-refractivity contribution in [3.63, 3.8) is 0 Å². The summed E-state index contributed by atoms with van der Waals surface area (Å²) < 4.78 is 21.2. The largest absolute Gasteiger partial charge is 0.456 e. The number of amides is 1. The second-order valence-corrected chi connectivity index (χ2v) is 12.0. The number of rotatable bonds is 8. The molecule has 3 heterocycles. The number of nitrogens with one attached hydrogen (secondary N) is 1. The zero-order chi connectivity index (χ0) is 28.3. The summed E-state index contributed by atoms with van der Waals surface area (Å²) in [5.74, 6) is 1.50. The van der Waals surface area contributed by atoms with Gasteiger partial charge in [-0.05, 0) is 81.3 Å². The molecule has 0 saturated heterocycles. The van der Waals surface area contributed by atoms with E-state index >= 15 is 0 Å². The monoisotopic (exact) mass is 553 g/mol. The minimum Gasteiger partial charge on any atom is -0.456 e. The molecule has 0 radical (unpaired) electrons. The molecule has 8 nitrogen and oxygen atoms in total. The Morgan fingerprint density at radius 3 is 2.58 bits per heavy atom. The third-order valence-electron chi connectivity index (χ3n) is 6.32. The Labute approximate surface area is 235 Å². The molecule has 1 N–H and O–H groups in total. The number of carbonyl (C=O) groups excluding carboxylic acids is 1. The van der Waals surface area contributed by atoms with E-state index in [0.29, 0.717) is 27.8 Å². The van der Waals surface area contributed by atoms with Crippen molar-refractivity contribution >= 4 is 33.3 Å². The molecule has 0 fully saturated rings. The second kappa shape index (κ2) is 11.4. The van der Waals surface area contributed by atoms with E-state index in [1.165, 1.54) is 0 Å². The van der Waals surface area contributed by atoms with Crippen LogP contribution in [0.25, 0.3) is 10.9 Å². The minimum absolute atomic E-state index is 0.118. The Hall–Kier alpha value is -4.37. The molecule has 40 heavy (non-hydrogen) atoms. The molecule has 2 aromatic carbocycles. The Balaban J connectivity index is 1.30. The lowest BCUT2D eigenvalue weighted by atomic mass is 10.1. The third kappa shape index (κ3) is 6.43. The van der Waals surface area contributed by atoms with Gasteiger partial charge in [0, 0.05) is 28.9 Å². The highest BCUT2D eigenvalue weighted by Gasteiger charge is 2.16. The molecule has 1 amide bonds. The summed E-state index contributed by atoms with van der Waals surface area (Å²) in [6.45, 7) is 8.10. The highest BCUT2D eigenvalue weighted by Crippen LogP contribution is 2.32. The summed E-state index contributed by atoms with van der Waals surface area (Å²) in [7, 11) is -1.27. The van der Waals surface area contributed by atoms with Crippen LogP contribution in [0.1, 0.15) is 37.6 Å². The number of aromatic nitrogens is 4. The van der Waals surface area contributed by atoms with E-state index in [9.17, 15) is 9.00 Å². The smallest absolute Gasteiger partial charge is 0.228 e. The van der Waals surface area contributed by atoms with E-state index in [4.69, 9.17) is 4.74 Å². The van der Waals surface area contributed by atoms with Crippen molar-refractivity contribution in [3.05, 3.63) is 102 Å². The Morgan fingerprint density at radius 1 is 1.00 bits per heavy atom.